The molecule has 0 heterocycles. The molecule has 0 bridgehead atoms. The van der Waals surface area contributed by atoms with E-state index in [2.05, 4.69) is 100 Å². The van der Waals surface area contributed by atoms with Crippen LogP contribution >= 0.6 is 24.8 Å². The molecule has 30 heavy (non-hydrogen) atoms. The summed E-state index contributed by atoms with van der Waals surface area (Å²) in [6, 6.07) is 26.2. The number of aryl methyl sites for hydroxylation is 2. The molecule has 0 amide bonds. The summed E-state index contributed by atoms with van der Waals surface area (Å²) in [6.45, 7) is 11.2. The SMILES string of the molecule is CCCc1cc2ccccc2[cH-]1.CCCc1cc2ccccc2[cH-]1.Cl.Cl.[CH2-]C[CH2-].[Hf+4]. The summed E-state index contributed by atoms with van der Waals surface area (Å²) in [6.07, 6.45) is 5.62. The maximum absolute atomic E-state index is 3.38. The third kappa shape index (κ3) is 9.94. The Morgan fingerprint density at radius 1 is 0.667 bits per heavy atom. The molecule has 0 nitrogen and oxygen atoms in total. The van der Waals surface area contributed by atoms with Crippen molar-refractivity contribution in [3.63, 3.8) is 0 Å². The van der Waals surface area contributed by atoms with Crippen LogP contribution in [0.5, 0.6) is 0 Å². The van der Waals surface area contributed by atoms with E-state index in [1.807, 2.05) is 0 Å². The average molecular weight is 608 g/mol. The number of hydrogen-bond donors (Lipinski definition) is 0. The molecule has 0 fully saturated rings. The van der Waals surface area contributed by atoms with Gasteiger partial charge in [-0.25, -0.2) is 0 Å². The molecule has 4 aromatic rings. The normalized spacial score (nSPS) is 9.20. The number of halogens is 2. The molecular weight excluding hydrogens is 574 g/mol. The van der Waals surface area contributed by atoms with E-state index >= 15 is 0 Å². The third-order valence-electron chi connectivity index (χ3n) is 4.43. The molecule has 0 atom stereocenters. The Labute approximate surface area is 214 Å². The van der Waals surface area contributed by atoms with E-state index in [1.165, 1.54) is 58.4 Å². The maximum atomic E-state index is 3.38. The Kier molecular flexibility index (Phi) is 18.5. The van der Waals surface area contributed by atoms with Crippen molar-refractivity contribution in [2.45, 2.75) is 46.0 Å². The molecule has 0 saturated carbocycles. The Bertz CT molecular complexity index is 779. The van der Waals surface area contributed by atoms with Crippen LogP contribution in [-0.4, -0.2) is 0 Å². The van der Waals surface area contributed by atoms with Gasteiger partial charge in [0, 0.05) is 0 Å². The summed E-state index contributed by atoms with van der Waals surface area (Å²) >= 11 is 0. The van der Waals surface area contributed by atoms with E-state index in [1.54, 1.807) is 0 Å². The van der Waals surface area contributed by atoms with Gasteiger partial charge in [0.25, 0.3) is 0 Å². The Hall–Kier alpha value is -0.890. The van der Waals surface area contributed by atoms with Gasteiger partial charge in [-0.2, -0.15) is 12.1 Å². The van der Waals surface area contributed by atoms with Crippen LogP contribution in [0.2, 0.25) is 0 Å². The molecule has 0 aliphatic heterocycles. The van der Waals surface area contributed by atoms with Crippen LogP contribution in [0.25, 0.3) is 21.5 Å². The fourth-order valence-electron chi connectivity index (χ4n) is 3.30. The Morgan fingerprint density at radius 2 is 1.00 bits per heavy atom. The summed E-state index contributed by atoms with van der Waals surface area (Å²) in [5.74, 6) is 0. The molecular formula is C27H34Cl2Hf. The van der Waals surface area contributed by atoms with E-state index < -0.39 is 0 Å². The van der Waals surface area contributed by atoms with E-state index in [9.17, 15) is 0 Å². The number of fused-ring (bicyclic) bond motifs is 2. The smallest absolute Gasteiger partial charge is 0.372 e. The third-order valence-corrected chi connectivity index (χ3v) is 4.43. The first-order chi connectivity index (χ1) is 13.2. The second-order valence-electron chi connectivity index (χ2n) is 6.84. The van der Waals surface area contributed by atoms with Gasteiger partial charge in [-0.05, 0) is 12.8 Å². The standard InChI is InChI=1S/2C12H13.C3H6.2ClH.Hf/c2*1-2-5-10-8-11-6-3-4-7-12(11)9-10;1-3-2;;;/h2*3-4,6-9H,2,5H2,1H3;1-3H2;2*1H;/q2*-1;-2;;;+4. The van der Waals surface area contributed by atoms with E-state index in [-0.39, 0.29) is 50.7 Å². The first kappa shape index (κ1) is 31.3. The molecule has 160 valence electrons. The van der Waals surface area contributed by atoms with Crippen LogP contribution in [0.1, 0.15) is 44.2 Å². The van der Waals surface area contributed by atoms with Crippen LogP contribution < -0.4 is 0 Å². The number of rotatable bonds is 4. The second-order valence-corrected chi connectivity index (χ2v) is 6.84. The van der Waals surface area contributed by atoms with Crippen LogP contribution in [0, 0.1) is 13.8 Å². The molecule has 0 aliphatic carbocycles. The van der Waals surface area contributed by atoms with E-state index in [4.69, 9.17) is 0 Å². The van der Waals surface area contributed by atoms with Crippen molar-refractivity contribution < 1.29 is 25.8 Å². The van der Waals surface area contributed by atoms with Gasteiger partial charge in [0.1, 0.15) is 0 Å². The molecule has 0 aliphatic rings. The first-order valence-electron chi connectivity index (χ1n) is 10.1. The minimum Gasteiger partial charge on any atom is -0.372 e. The van der Waals surface area contributed by atoms with E-state index in [0.29, 0.717) is 0 Å². The van der Waals surface area contributed by atoms with Crippen molar-refractivity contribution in [2.24, 2.45) is 0 Å². The molecule has 4 aromatic carbocycles. The second kappa shape index (κ2) is 17.8. The minimum atomic E-state index is 0. The predicted octanol–water partition coefficient (Wildman–Crippen LogP) is 8.91. The van der Waals surface area contributed by atoms with Crippen molar-refractivity contribution in [3.05, 3.63) is 97.8 Å². The van der Waals surface area contributed by atoms with Gasteiger partial charge in [0.2, 0.25) is 0 Å². The molecule has 0 aromatic heterocycles. The van der Waals surface area contributed by atoms with Gasteiger partial charge in [0.15, 0.2) is 0 Å². The fraction of sp³-hybridized carbons (Fsp3) is 0.259. The quantitative estimate of drug-likeness (QED) is 0.161. The zero-order valence-electron chi connectivity index (χ0n) is 18.2. The van der Waals surface area contributed by atoms with Gasteiger partial charge in [-0.3, -0.25) is 0 Å². The average Bonchev–Trinajstić information content (AvgIpc) is 3.26. The molecule has 0 N–H and O–H groups in total. The Balaban J connectivity index is 0. The van der Waals surface area contributed by atoms with Crippen molar-refractivity contribution in [1.29, 1.82) is 0 Å². The first-order valence-corrected chi connectivity index (χ1v) is 10.1. The van der Waals surface area contributed by atoms with Gasteiger partial charge < -0.3 is 20.3 Å². The van der Waals surface area contributed by atoms with Crippen LogP contribution in [0.15, 0.2) is 72.8 Å². The molecule has 0 radical (unpaired) electrons. The molecule has 0 saturated heterocycles. The van der Waals surface area contributed by atoms with Crippen LogP contribution in [0.4, 0.5) is 0 Å². The monoisotopic (exact) mass is 608 g/mol. The summed E-state index contributed by atoms with van der Waals surface area (Å²) in [7, 11) is 0. The fourth-order valence-corrected chi connectivity index (χ4v) is 3.30. The summed E-state index contributed by atoms with van der Waals surface area (Å²) in [4.78, 5) is 0. The topological polar surface area (TPSA) is 0 Å². The van der Waals surface area contributed by atoms with E-state index in [0.717, 1.165) is 6.42 Å². The maximum Gasteiger partial charge on any atom is 4.00 e. The zero-order valence-corrected chi connectivity index (χ0v) is 23.4. The summed E-state index contributed by atoms with van der Waals surface area (Å²) < 4.78 is 0. The van der Waals surface area contributed by atoms with Gasteiger partial charge in [-0.15, -0.1) is 106 Å². The van der Waals surface area contributed by atoms with Crippen LogP contribution in [0.3, 0.4) is 0 Å². The number of benzene rings is 2. The molecule has 3 heteroatoms. The van der Waals surface area contributed by atoms with Gasteiger partial charge in [-0.1, -0.05) is 38.8 Å². The molecule has 0 unspecified atom stereocenters. The largest absolute Gasteiger partial charge is 4.00 e. The van der Waals surface area contributed by atoms with Crippen molar-refractivity contribution in [3.8, 4) is 0 Å². The summed E-state index contributed by atoms with van der Waals surface area (Å²) in [5.41, 5.74) is 2.94. The van der Waals surface area contributed by atoms with Crippen molar-refractivity contribution in [2.75, 3.05) is 0 Å². The van der Waals surface area contributed by atoms with Gasteiger partial charge in [0.05, 0.1) is 0 Å². The molecule has 0 spiro atoms. The van der Waals surface area contributed by atoms with Gasteiger partial charge >= 0.3 is 25.8 Å². The van der Waals surface area contributed by atoms with Crippen LogP contribution in [-0.2, 0) is 38.7 Å². The molecule has 4 rings (SSSR count). The Morgan fingerprint density at radius 3 is 1.30 bits per heavy atom. The zero-order chi connectivity index (χ0) is 19.5. The van der Waals surface area contributed by atoms with Crippen molar-refractivity contribution in [1.82, 2.24) is 0 Å². The minimum absolute atomic E-state index is 0. The summed E-state index contributed by atoms with van der Waals surface area (Å²) in [5, 5.41) is 5.50. The van der Waals surface area contributed by atoms with Crippen molar-refractivity contribution >= 4 is 46.4 Å². The predicted molar refractivity (Wildman–Crippen MR) is 137 cm³/mol. The number of hydrogen-bond acceptors (Lipinski definition) is 0.